The van der Waals surface area contributed by atoms with E-state index in [0.717, 1.165) is 5.56 Å². The van der Waals surface area contributed by atoms with Crippen LogP contribution in [0.5, 0.6) is 11.5 Å². The fourth-order valence-corrected chi connectivity index (χ4v) is 4.05. The number of rotatable bonds is 5. The lowest BCUT2D eigenvalue weighted by atomic mass is 10.1. The summed E-state index contributed by atoms with van der Waals surface area (Å²) in [6, 6.07) is 11.3. The monoisotopic (exact) mass is 550 g/mol. The van der Waals surface area contributed by atoms with E-state index in [1.807, 2.05) is 19.9 Å². The SMILES string of the molecule is CC.COC(C)=O.COc1ccc(CN2Cc3nc(-c4c(F)cccc4Cl)cc(Cl)c3C2=O)c(OC)c1. The number of aromatic nitrogens is 1. The molecule has 1 amide bonds. The van der Waals surface area contributed by atoms with E-state index in [4.69, 9.17) is 32.7 Å². The second kappa shape index (κ2) is 13.8. The van der Waals surface area contributed by atoms with Crippen molar-refractivity contribution in [2.45, 2.75) is 33.9 Å². The van der Waals surface area contributed by atoms with Gasteiger partial charge in [0.05, 0.1) is 67.0 Å². The van der Waals surface area contributed by atoms with Crippen LogP contribution in [0, 0.1) is 5.82 Å². The number of methoxy groups -OCH3 is 3. The maximum Gasteiger partial charge on any atom is 0.302 e. The molecule has 4 rings (SSSR count). The zero-order chi connectivity index (χ0) is 27.7. The minimum atomic E-state index is -0.504. The van der Waals surface area contributed by atoms with Gasteiger partial charge in [0.25, 0.3) is 5.91 Å². The predicted molar refractivity (Wildman–Crippen MR) is 142 cm³/mol. The van der Waals surface area contributed by atoms with Crippen molar-refractivity contribution in [3.8, 4) is 22.8 Å². The first-order chi connectivity index (χ1) is 17.7. The molecule has 198 valence electrons. The minimum Gasteiger partial charge on any atom is -0.497 e. The molecule has 0 spiro atoms. The highest BCUT2D eigenvalue weighted by atomic mass is 35.5. The lowest BCUT2D eigenvalue weighted by molar-refractivity contribution is -0.137. The molecule has 0 N–H and O–H groups in total. The number of benzene rings is 2. The van der Waals surface area contributed by atoms with Gasteiger partial charge >= 0.3 is 5.97 Å². The first kappa shape index (κ1) is 29.9. The molecular weight excluding hydrogens is 522 g/mol. The highest BCUT2D eigenvalue weighted by Crippen LogP contribution is 2.36. The van der Waals surface area contributed by atoms with Gasteiger partial charge in [-0.1, -0.05) is 43.1 Å². The molecule has 7 nitrogen and oxygen atoms in total. The van der Waals surface area contributed by atoms with Crippen LogP contribution in [0.1, 0.15) is 42.4 Å². The van der Waals surface area contributed by atoms with Crippen molar-refractivity contribution >= 4 is 35.1 Å². The molecule has 1 aromatic heterocycles. The Morgan fingerprint density at radius 2 is 1.70 bits per heavy atom. The lowest BCUT2D eigenvalue weighted by Gasteiger charge is -2.18. The number of carbonyl (C=O) groups excluding carboxylic acids is 2. The van der Waals surface area contributed by atoms with Crippen LogP contribution < -0.4 is 9.47 Å². The molecule has 0 saturated carbocycles. The lowest BCUT2D eigenvalue weighted by Crippen LogP contribution is -2.23. The molecule has 0 bridgehead atoms. The number of amides is 1. The van der Waals surface area contributed by atoms with Gasteiger partial charge in [-0.05, 0) is 30.3 Å². The Bertz CT molecular complexity index is 1250. The highest BCUT2D eigenvalue weighted by Gasteiger charge is 2.32. The van der Waals surface area contributed by atoms with E-state index >= 15 is 0 Å². The molecule has 2 aromatic carbocycles. The van der Waals surface area contributed by atoms with Gasteiger partial charge < -0.3 is 19.1 Å². The van der Waals surface area contributed by atoms with Gasteiger partial charge in [-0.3, -0.25) is 9.59 Å². The van der Waals surface area contributed by atoms with Gasteiger partial charge in [-0.15, -0.1) is 0 Å². The van der Waals surface area contributed by atoms with Crippen LogP contribution in [0.15, 0.2) is 42.5 Å². The third kappa shape index (κ3) is 7.11. The van der Waals surface area contributed by atoms with E-state index in [9.17, 15) is 14.0 Å². The Kier molecular flexibility index (Phi) is 11.1. The highest BCUT2D eigenvalue weighted by molar-refractivity contribution is 6.35. The average molecular weight is 551 g/mol. The summed E-state index contributed by atoms with van der Waals surface area (Å²) < 4.78 is 29.1. The third-order valence-electron chi connectivity index (χ3n) is 5.25. The molecule has 10 heteroatoms. The minimum absolute atomic E-state index is 0.159. The zero-order valence-corrected chi connectivity index (χ0v) is 23.0. The Balaban J connectivity index is 0.000000617. The van der Waals surface area contributed by atoms with Crippen LogP contribution in [0.25, 0.3) is 11.3 Å². The quantitative estimate of drug-likeness (QED) is 0.334. The molecule has 2 heterocycles. The zero-order valence-electron chi connectivity index (χ0n) is 21.5. The van der Waals surface area contributed by atoms with Crippen LogP contribution in [0.2, 0.25) is 10.0 Å². The normalized spacial score (nSPS) is 11.5. The standard InChI is InChI=1S/C22H17Cl2FN2O3.C3H6O2.C2H6/c1-29-13-7-6-12(19(8-13)30-2)10-27-11-18-21(22(27)28)15(24)9-17(26-18)20-14(23)4-3-5-16(20)25;1-3(4)5-2;1-2/h3-9H,10-11H2,1-2H3;1-2H3;1-2H3. The summed E-state index contributed by atoms with van der Waals surface area (Å²) in [5, 5.41) is 0.436. The number of nitrogens with zero attached hydrogens (tertiary/aromatic N) is 2. The Labute approximate surface area is 226 Å². The summed E-state index contributed by atoms with van der Waals surface area (Å²) in [5.74, 6) is 0.269. The second-order valence-electron chi connectivity index (χ2n) is 7.44. The molecule has 0 atom stereocenters. The molecule has 0 aliphatic carbocycles. The van der Waals surface area contributed by atoms with Crippen molar-refractivity contribution in [1.29, 1.82) is 0 Å². The number of halogens is 3. The fraction of sp³-hybridized carbons (Fsp3) is 0.296. The molecule has 0 saturated heterocycles. The molecule has 1 aliphatic heterocycles. The van der Waals surface area contributed by atoms with Crippen molar-refractivity contribution in [1.82, 2.24) is 9.88 Å². The summed E-state index contributed by atoms with van der Waals surface area (Å²) >= 11 is 12.6. The van der Waals surface area contributed by atoms with Crippen LogP contribution in [-0.2, 0) is 22.6 Å². The van der Waals surface area contributed by atoms with E-state index < -0.39 is 5.82 Å². The van der Waals surface area contributed by atoms with Crippen LogP contribution in [-0.4, -0.2) is 43.1 Å². The predicted octanol–water partition coefficient (Wildman–Crippen LogP) is 6.57. The number of ether oxygens (including phenoxy) is 3. The molecule has 1 aliphatic rings. The van der Waals surface area contributed by atoms with E-state index in [1.165, 1.54) is 32.2 Å². The van der Waals surface area contributed by atoms with E-state index in [0.29, 0.717) is 35.0 Å². The summed E-state index contributed by atoms with van der Waals surface area (Å²) in [5.41, 5.74) is 2.06. The molecular formula is C27H29Cl2FN2O5. The fourth-order valence-electron chi connectivity index (χ4n) is 3.50. The second-order valence-corrected chi connectivity index (χ2v) is 8.26. The molecule has 37 heavy (non-hydrogen) atoms. The van der Waals surface area contributed by atoms with Gasteiger partial charge in [0.15, 0.2) is 0 Å². The first-order valence-corrected chi connectivity index (χ1v) is 12.1. The molecule has 0 fully saturated rings. The van der Waals surface area contributed by atoms with E-state index in [2.05, 4.69) is 9.72 Å². The largest absolute Gasteiger partial charge is 0.497 e. The van der Waals surface area contributed by atoms with Crippen molar-refractivity contribution in [3.63, 3.8) is 0 Å². The van der Waals surface area contributed by atoms with E-state index in [-0.39, 0.29) is 34.0 Å². The van der Waals surface area contributed by atoms with Crippen LogP contribution >= 0.6 is 23.2 Å². The average Bonchev–Trinajstić information content (AvgIpc) is 3.20. The molecule has 3 aromatic rings. The van der Waals surface area contributed by atoms with Gasteiger partial charge in [0.1, 0.15) is 17.3 Å². The van der Waals surface area contributed by atoms with Crippen molar-refractivity contribution < 1.29 is 28.2 Å². The number of hydrogen-bond acceptors (Lipinski definition) is 6. The molecule has 0 unspecified atom stereocenters. The maximum absolute atomic E-state index is 14.3. The van der Waals surface area contributed by atoms with Crippen molar-refractivity contribution in [2.24, 2.45) is 0 Å². The summed E-state index contributed by atoms with van der Waals surface area (Å²) in [4.78, 5) is 28.7. The van der Waals surface area contributed by atoms with Gasteiger partial charge in [0.2, 0.25) is 0 Å². The number of hydrogen-bond donors (Lipinski definition) is 0. The van der Waals surface area contributed by atoms with Crippen LogP contribution in [0.4, 0.5) is 4.39 Å². The number of esters is 1. The van der Waals surface area contributed by atoms with Gasteiger partial charge in [0, 0.05) is 18.6 Å². The summed E-state index contributed by atoms with van der Waals surface area (Å²) in [6.45, 7) is 5.90. The first-order valence-electron chi connectivity index (χ1n) is 11.4. The summed E-state index contributed by atoms with van der Waals surface area (Å²) in [6.07, 6.45) is 0. The third-order valence-corrected chi connectivity index (χ3v) is 5.86. The van der Waals surface area contributed by atoms with Crippen LogP contribution in [0.3, 0.4) is 0 Å². The summed E-state index contributed by atoms with van der Waals surface area (Å²) in [7, 11) is 4.48. The van der Waals surface area contributed by atoms with Crippen molar-refractivity contribution in [3.05, 3.63) is 75.1 Å². The van der Waals surface area contributed by atoms with E-state index in [1.54, 1.807) is 37.3 Å². The Morgan fingerprint density at radius 1 is 1.03 bits per heavy atom. The van der Waals surface area contributed by atoms with Gasteiger partial charge in [-0.25, -0.2) is 9.37 Å². The maximum atomic E-state index is 14.3. The van der Waals surface area contributed by atoms with Crippen molar-refractivity contribution in [2.75, 3.05) is 21.3 Å². The topological polar surface area (TPSA) is 78.0 Å². The Hall–Kier alpha value is -3.36. The number of fused-ring (bicyclic) bond motifs is 1. The Morgan fingerprint density at radius 3 is 2.27 bits per heavy atom. The molecule has 0 radical (unpaired) electrons. The number of carbonyl (C=O) groups is 2. The number of pyridine rings is 1. The van der Waals surface area contributed by atoms with Gasteiger partial charge in [-0.2, -0.15) is 0 Å². The smallest absolute Gasteiger partial charge is 0.302 e.